The maximum atomic E-state index is 13.5. The van der Waals surface area contributed by atoms with Gasteiger partial charge in [0.2, 0.25) is 0 Å². The molecule has 2 aliphatic heterocycles. The number of nitrogens with zero attached hydrogens (tertiary/aromatic N) is 3. The van der Waals surface area contributed by atoms with Crippen molar-refractivity contribution >= 4 is 0 Å². The second-order valence-electron chi connectivity index (χ2n) is 7.09. The number of nitrogens with one attached hydrogen (secondary N) is 1. The molecule has 3 aliphatic rings. The van der Waals surface area contributed by atoms with Crippen LogP contribution in [0.25, 0.3) is 5.82 Å². The van der Waals surface area contributed by atoms with E-state index in [0.29, 0.717) is 11.8 Å². The maximum absolute atomic E-state index is 13.5. The molecule has 0 amide bonds. The van der Waals surface area contributed by atoms with E-state index in [9.17, 15) is 4.39 Å². The highest BCUT2D eigenvalue weighted by Gasteiger charge is 2.37. The average molecular weight is 312 g/mol. The Bertz CT molecular complexity index is 757. The highest BCUT2D eigenvalue weighted by atomic mass is 19.1. The summed E-state index contributed by atoms with van der Waals surface area (Å²) in [5, 5.41) is 8.45. The van der Waals surface area contributed by atoms with E-state index in [4.69, 9.17) is 5.10 Å². The Morgan fingerprint density at radius 2 is 1.91 bits per heavy atom. The SMILES string of the molecule is Fc1cnc2c(c1)CCc1c(C3CC3)c(C3CCNCC3)nn1-2. The van der Waals surface area contributed by atoms with Crippen molar-refractivity contribution in [2.75, 3.05) is 13.1 Å². The molecular weight excluding hydrogens is 291 g/mol. The lowest BCUT2D eigenvalue weighted by Crippen LogP contribution is -2.27. The summed E-state index contributed by atoms with van der Waals surface area (Å²) in [5.41, 5.74) is 5.14. The minimum atomic E-state index is -0.250. The average Bonchev–Trinajstić information content (AvgIpc) is 3.34. The van der Waals surface area contributed by atoms with Gasteiger partial charge >= 0.3 is 0 Å². The van der Waals surface area contributed by atoms with Crippen molar-refractivity contribution in [2.45, 2.75) is 50.4 Å². The van der Waals surface area contributed by atoms with Gasteiger partial charge in [0.1, 0.15) is 5.82 Å². The Morgan fingerprint density at radius 3 is 2.70 bits per heavy atom. The van der Waals surface area contributed by atoms with E-state index in [1.807, 2.05) is 4.68 Å². The molecule has 5 rings (SSSR count). The molecule has 0 bridgehead atoms. The predicted molar refractivity (Wildman–Crippen MR) is 85.5 cm³/mol. The van der Waals surface area contributed by atoms with Crippen molar-refractivity contribution in [3.63, 3.8) is 0 Å². The Balaban J connectivity index is 1.65. The Hall–Kier alpha value is -1.75. The van der Waals surface area contributed by atoms with Gasteiger partial charge in [0.15, 0.2) is 5.82 Å². The molecule has 0 atom stereocenters. The maximum Gasteiger partial charge on any atom is 0.157 e. The standard InChI is InChI=1S/C18H21FN4/c19-14-9-13-3-4-15-16(11-1-2-11)17(12-5-7-20-8-6-12)22-23(15)18(13)21-10-14/h9-12,20H,1-8H2. The third-order valence-corrected chi connectivity index (χ3v) is 5.50. The lowest BCUT2D eigenvalue weighted by molar-refractivity contribution is 0.449. The molecule has 1 N–H and O–H groups in total. The molecule has 2 aromatic heterocycles. The van der Waals surface area contributed by atoms with Crippen LogP contribution < -0.4 is 5.32 Å². The molecule has 0 spiro atoms. The Labute approximate surface area is 135 Å². The fourth-order valence-corrected chi connectivity index (χ4v) is 4.22. The smallest absolute Gasteiger partial charge is 0.157 e. The van der Waals surface area contributed by atoms with Gasteiger partial charge in [-0.3, -0.25) is 0 Å². The summed E-state index contributed by atoms with van der Waals surface area (Å²) < 4.78 is 15.5. The summed E-state index contributed by atoms with van der Waals surface area (Å²) in [5.74, 6) is 1.86. The van der Waals surface area contributed by atoms with Gasteiger partial charge in [0, 0.05) is 17.0 Å². The zero-order valence-corrected chi connectivity index (χ0v) is 13.2. The van der Waals surface area contributed by atoms with Crippen LogP contribution in [0, 0.1) is 5.82 Å². The molecule has 2 aromatic rings. The van der Waals surface area contributed by atoms with Gasteiger partial charge in [-0.25, -0.2) is 14.1 Å². The first kappa shape index (κ1) is 13.7. The number of pyridine rings is 1. The predicted octanol–water partition coefficient (Wildman–Crippen LogP) is 2.85. The number of piperidine rings is 1. The topological polar surface area (TPSA) is 42.7 Å². The molecule has 23 heavy (non-hydrogen) atoms. The number of aromatic nitrogens is 3. The first-order valence-electron chi connectivity index (χ1n) is 8.78. The number of hydrogen-bond donors (Lipinski definition) is 1. The fourth-order valence-electron chi connectivity index (χ4n) is 4.22. The first-order valence-corrected chi connectivity index (χ1v) is 8.78. The Kier molecular flexibility index (Phi) is 3.05. The highest BCUT2D eigenvalue weighted by molar-refractivity contribution is 5.46. The summed E-state index contributed by atoms with van der Waals surface area (Å²) in [6, 6.07) is 1.62. The van der Waals surface area contributed by atoms with Crippen LogP contribution >= 0.6 is 0 Å². The highest BCUT2D eigenvalue weighted by Crippen LogP contribution is 2.47. The first-order chi connectivity index (χ1) is 11.3. The van der Waals surface area contributed by atoms with Crippen LogP contribution in [0.15, 0.2) is 12.3 Å². The van der Waals surface area contributed by atoms with E-state index in [0.717, 1.165) is 37.3 Å². The van der Waals surface area contributed by atoms with Crippen molar-refractivity contribution in [1.82, 2.24) is 20.1 Å². The van der Waals surface area contributed by atoms with Crippen molar-refractivity contribution in [2.24, 2.45) is 0 Å². The lowest BCUT2D eigenvalue weighted by atomic mass is 9.89. The molecule has 4 nitrogen and oxygen atoms in total. The van der Waals surface area contributed by atoms with Gasteiger partial charge in [-0.1, -0.05) is 0 Å². The molecule has 2 fully saturated rings. The van der Waals surface area contributed by atoms with E-state index in [2.05, 4.69) is 10.3 Å². The number of fused-ring (bicyclic) bond motifs is 3. The quantitative estimate of drug-likeness (QED) is 0.927. The molecule has 0 radical (unpaired) electrons. The number of halogens is 1. The summed E-state index contributed by atoms with van der Waals surface area (Å²) in [4.78, 5) is 4.35. The monoisotopic (exact) mass is 312 g/mol. The van der Waals surface area contributed by atoms with Crippen molar-refractivity contribution in [1.29, 1.82) is 0 Å². The summed E-state index contributed by atoms with van der Waals surface area (Å²) in [6.07, 6.45) is 8.07. The zero-order valence-electron chi connectivity index (χ0n) is 13.2. The lowest BCUT2D eigenvalue weighted by Gasteiger charge is -2.22. The third-order valence-electron chi connectivity index (χ3n) is 5.50. The molecule has 1 aliphatic carbocycles. The molecule has 0 aromatic carbocycles. The van der Waals surface area contributed by atoms with Gasteiger partial charge < -0.3 is 5.32 Å². The van der Waals surface area contributed by atoms with Crippen LogP contribution in [0.5, 0.6) is 0 Å². The minimum absolute atomic E-state index is 0.250. The third kappa shape index (κ3) is 2.21. The van der Waals surface area contributed by atoms with Crippen LogP contribution in [0.2, 0.25) is 0 Å². The van der Waals surface area contributed by atoms with Gasteiger partial charge in [0.05, 0.1) is 17.6 Å². The normalized spacial score (nSPS) is 21.1. The van der Waals surface area contributed by atoms with E-state index in [1.54, 1.807) is 6.07 Å². The van der Waals surface area contributed by atoms with Crippen LogP contribution in [-0.2, 0) is 12.8 Å². The molecule has 4 heterocycles. The summed E-state index contributed by atoms with van der Waals surface area (Å²) in [7, 11) is 0. The number of aryl methyl sites for hydroxylation is 1. The Morgan fingerprint density at radius 1 is 1.09 bits per heavy atom. The fraction of sp³-hybridized carbons (Fsp3) is 0.556. The van der Waals surface area contributed by atoms with Crippen molar-refractivity contribution in [3.05, 3.63) is 40.6 Å². The molecule has 1 saturated heterocycles. The molecule has 120 valence electrons. The van der Waals surface area contributed by atoms with Gasteiger partial charge in [-0.15, -0.1) is 0 Å². The summed E-state index contributed by atoms with van der Waals surface area (Å²) in [6.45, 7) is 2.16. The zero-order chi connectivity index (χ0) is 15.4. The largest absolute Gasteiger partial charge is 0.317 e. The van der Waals surface area contributed by atoms with Gasteiger partial charge in [-0.05, 0) is 63.6 Å². The molecule has 1 saturated carbocycles. The molecule has 5 heteroatoms. The summed E-state index contributed by atoms with van der Waals surface area (Å²) >= 11 is 0. The second kappa shape index (κ2) is 5.13. The van der Waals surface area contributed by atoms with Gasteiger partial charge in [0.25, 0.3) is 0 Å². The van der Waals surface area contributed by atoms with Gasteiger partial charge in [-0.2, -0.15) is 5.10 Å². The molecular formula is C18H21FN4. The minimum Gasteiger partial charge on any atom is -0.317 e. The van der Waals surface area contributed by atoms with E-state index < -0.39 is 0 Å². The second-order valence-corrected chi connectivity index (χ2v) is 7.09. The van der Waals surface area contributed by atoms with E-state index >= 15 is 0 Å². The number of rotatable bonds is 2. The van der Waals surface area contributed by atoms with Crippen LogP contribution in [0.1, 0.15) is 60.0 Å². The van der Waals surface area contributed by atoms with Crippen LogP contribution in [0.4, 0.5) is 4.39 Å². The molecule has 0 unspecified atom stereocenters. The van der Waals surface area contributed by atoms with Crippen LogP contribution in [0.3, 0.4) is 0 Å². The van der Waals surface area contributed by atoms with Crippen molar-refractivity contribution < 1.29 is 4.39 Å². The van der Waals surface area contributed by atoms with Crippen molar-refractivity contribution in [3.8, 4) is 5.82 Å². The van der Waals surface area contributed by atoms with E-state index in [1.165, 1.54) is 48.8 Å². The van der Waals surface area contributed by atoms with Crippen LogP contribution in [-0.4, -0.2) is 27.9 Å². The number of hydrogen-bond acceptors (Lipinski definition) is 3. The van der Waals surface area contributed by atoms with E-state index in [-0.39, 0.29) is 5.82 Å².